The van der Waals surface area contributed by atoms with Gasteiger partial charge in [0.05, 0.1) is 5.54 Å². The van der Waals surface area contributed by atoms with Crippen LogP contribution in [0.2, 0.25) is 0 Å². The molecule has 116 valence electrons. The molecule has 1 aliphatic carbocycles. The first-order valence-electron chi connectivity index (χ1n) is 6.43. The zero-order valence-electron chi connectivity index (χ0n) is 12.7. The van der Waals surface area contributed by atoms with E-state index >= 15 is 0 Å². The van der Waals surface area contributed by atoms with Crippen LogP contribution in [0.1, 0.15) is 47.5 Å². The molecule has 1 saturated carbocycles. The topological polar surface area (TPSA) is 125 Å². The lowest BCUT2D eigenvalue weighted by atomic mass is 9.95. The predicted molar refractivity (Wildman–Crippen MR) is 75.7 cm³/mol. The van der Waals surface area contributed by atoms with Crippen molar-refractivity contribution in [2.75, 3.05) is 0 Å². The van der Waals surface area contributed by atoms with Gasteiger partial charge in [0.25, 0.3) is 5.97 Å². The third-order valence-electron chi connectivity index (χ3n) is 2.71. The van der Waals surface area contributed by atoms with Crippen molar-refractivity contribution < 1.29 is 19.4 Å². The number of amidine groups is 1. The van der Waals surface area contributed by atoms with Gasteiger partial charge in [0.15, 0.2) is 0 Å². The van der Waals surface area contributed by atoms with Crippen LogP contribution in [-0.4, -0.2) is 34.1 Å². The Morgan fingerprint density at radius 2 is 1.70 bits per heavy atom. The fourth-order valence-corrected chi connectivity index (χ4v) is 1.57. The second kappa shape index (κ2) is 6.58. The molecule has 7 heteroatoms. The fraction of sp³-hybridized carbons (Fsp3) is 0.769. The van der Waals surface area contributed by atoms with Gasteiger partial charge in [-0.05, 0) is 46.5 Å². The van der Waals surface area contributed by atoms with Gasteiger partial charge in [0.2, 0.25) is 0 Å². The summed E-state index contributed by atoms with van der Waals surface area (Å²) in [6.45, 7) is 8.26. The molecule has 0 aromatic carbocycles. The second-order valence-corrected chi connectivity index (χ2v) is 6.04. The molecule has 0 heterocycles. The van der Waals surface area contributed by atoms with E-state index in [1.54, 1.807) is 27.7 Å². The Kier molecular flexibility index (Phi) is 5.99. The molecule has 1 amide bonds. The summed E-state index contributed by atoms with van der Waals surface area (Å²) in [5.74, 6) is -0.585. The van der Waals surface area contributed by atoms with E-state index in [1.165, 1.54) is 0 Å². The fourth-order valence-electron chi connectivity index (χ4n) is 1.57. The average Bonchev–Trinajstić information content (AvgIpc) is 2.94. The lowest BCUT2D eigenvalue weighted by Crippen LogP contribution is -2.57. The molecule has 0 radical (unpaired) electrons. The average molecular weight is 287 g/mol. The molecule has 0 bridgehead atoms. The summed E-state index contributed by atoms with van der Waals surface area (Å²) in [4.78, 5) is 20.6. The second-order valence-electron chi connectivity index (χ2n) is 6.04. The van der Waals surface area contributed by atoms with Crippen LogP contribution in [0.15, 0.2) is 0 Å². The van der Waals surface area contributed by atoms with Gasteiger partial charge in [-0.25, -0.2) is 4.79 Å². The van der Waals surface area contributed by atoms with Gasteiger partial charge in [-0.3, -0.25) is 10.2 Å². The summed E-state index contributed by atoms with van der Waals surface area (Å²) in [7, 11) is 0. The van der Waals surface area contributed by atoms with Crippen LogP contribution in [-0.2, 0) is 9.53 Å². The van der Waals surface area contributed by atoms with Crippen LogP contribution in [0, 0.1) is 11.3 Å². The lowest BCUT2D eigenvalue weighted by Gasteiger charge is -2.31. The molecule has 20 heavy (non-hydrogen) atoms. The van der Waals surface area contributed by atoms with Gasteiger partial charge >= 0.3 is 6.09 Å². The highest BCUT2D eigenvalue weighted by molar-refractivity contribution is 5.91. The largest absolute Gasteiger partial charge is 0.481 e. The monoisotopic (exact) mass is 287 g/mol. The maximum absolute atomic E-state index is 11.6. The highest BCUT2D eigenvalue weighted by atomic mass is 16.6. The van der Waals surface area contributed by atoms with Crippen LogP contribution < -0.4 is 11.1 Å². The molecule has 7 nitrogen and oxygen atoms in total. The van der Waals surface area contributed by atoms with Crippen LogP contribution >= 0.6 is 0 Å². The van der Waals surface area contributed by atoms with Gasteiger partial charge in [-0.15, -0.1) is 0 Å². The Balaban J connectivity index is 0.000000796. The number of carbonyl (C=O) groups excluding carboxylic acids is 1. The van der Waals surface area contributed by atoms with Gasteiger partial charge in [-0.2, -0.15) is 0 Å². The molecule has 5 N–H and O–H groups in total. The molecule has 1 unspecified atom stereocenters. The molecule has 1 aliphatic rings. The molecule has 1 rings (SSSR count). The highest BCUT2D eigenvalue weighted by Crippen LogP contribution is 2.39. The van der Waals surface area contributed by atoms with Crippen molar-refractivity contribution in [2.24, 2.45) is 11.7 Å². The zero-order chi connectivity index (χ0) is 16.1. The Morgan fingerprint density at radius 3 is 1.95 bits per heavy atom. The van der Waals surface area contributed by atoms with E-state index in [2.05, 4.69) is 5.32 Å². The number of hydrogen-bond acceptors (Lipinski definition) is 4. The smallest absolute Gasteiger partial charge is 0.408 e. The highest BCUT2D eigenvalue weighted by Gasteiger charge is 2.45. The summed E-state index contributed by atoms with van der Waals surface area (Å²) < 4.78 is 5.16. The van der Waals surface area contributed by atoms with Crippen molar-refractivity contribution in [3.05, 3.63) is 0 Å². The molecule has 1 fully saturated rings. The maximum Gasteiger partial charge on any atom is 0.408 e. The minimum atomic E-state index is -0.833. The first-order chi connectivity index (χ1) is 8.88. The van der Waals surface area contributed by atoms with Crippen molar-refractivity contribution in [1.29, 1.82) is 5.41 Å². The van der Waals surface area contributed by atoms with Crippen molar-refractivity contribution in [3.8, 4) is 0 Å². The number of hydrogen-bond donors (Lipinski definition) is 4. The Morgan fingerprint density at radius 1 is 1.30 bits per heavy atom. The molecule has 1 atom stereocenters. The molecule has 0 aliphatic heterocycles. The van der Waals surface area contributed by atoms with Crippen LogP contribution in [0.5, 0.6) is 0 Å². The first-order valence-corrected chi connectivity index (χ1v) is 6.43. The van der Waals surface area contributed by atoms with E-state index < -0.39 is 23.2 Å². The van der Waals surface area contributed by atoms with Crippen LogP contribution in [0.4, 0.5) is 4.79 Å². The number of ether oxygens (including phenoxy) is 1. The number of rotatable bonds is 3. The van der Waals surface area contributed by atoms with Gasteiger partial charge in [0, 0.05) is 6.92 Å². The third-order valence-corrected chi connectivity index (χ3v) is 2.71. The lowest BCUT2D eigenvalue weighted by molar-refractivity contribution is -0.134. The minimum Gasteiger partial charge on any atom is -0.481 e. The molecular formula is C13H25N3O4. The minimum absolute atomic E-state index is 0.0131. The number of carboxylic acids is 1. The van der Waals surface area contributed by atoms with Gasteiger partial charge in [0.1, 0.15) is 11.4 Å². The number of alkyl carbamates (subject to hydrolysis) is 1. The van der Waals surface area contributed by atoms with Gasteiger partial charge in [-0.1, -0.05) is 0 Å². The van der Waals surface area contributed by atoms with Crippen molar-refractivity contribution in [3.63, 3.8) is 0 Å². The van der Waals surface area contributed by atoms with Crippen molar-refractivity contribution in [1.82, 2.24) is 5.32 Å². The normalized spacial score (nSPS) is 17.1. The number of nitrogens with one attached hydrogen (secondary N) is 2. The molecular weight excluding hydrogens is 262 g/mol. The van der Waals surface area contributed by atoms with E-state index in [0.29, 0.717) is 0 Å². The summed E-state index contributed by atoms with van der Waals surface area (Å²) in [5.41, 5.74) is 4.24. The van der Waals surface area contributed by atoms with E-state index in [-0.39, 0.29) is 11.8 Å². The van der Waals surface area contributed by atoms with Crippen LogP contribution in [0.3, 0.4) is 0 Å². The molecule has 0 spiro atoms. The summed E-state index contributed by atoms with van der Waals surface area (Å²) in [6, 6.07) is 0. The van der Waals surface area contributed by atoms with E-state index in [0.717, 1.165) is 19.8 Å². The quantitative estimate of drug-likeness (QED) is 0.464. The Bertz CT molecular complexity index is 382. The molecule has 0 saturated heterocycles. The summed E-state index contributed by atoms with van der Waals surface area (Å²) in [5, 5.41) is 17.7. The number of carbonyl (C=O) groups is 2. The Labute approximate surface area is 119 Å². The third kappa shape index (κ3) is 6.96. The predicted octanol–water partition coefficient (Wildman–Crippen LogP) is 1.71. The van der Waals surface area contributed by atoms with Crippen LogP contribution in [0.25, 0.3) is 0 Å². The summed E-state index contributed by atoms with van der Waals surface area (Å²) >= 11 is 0. The van der Waals surface area contributed by atoms with E-state index in [9.17, 15) is 4.79 Å². The number of nitrogens with two attached hydrogens (primary N) is 1. The maximum atomic E-state index is 11.6. The van der Waals surface area contributed by atoms with E-state index in [4.69, 9.17) is 25.8 Å². The zero-order valence-corrected chi connectivity index (χ0v) is 12.7. The van der Waals surface area contributed by atoms with Crippen molar-refractivity contribution in [2.45, 2.75) is 58.6 Å². The number of aliphatic carboxylic acids is 1. The molecule has 0 aromatic rings. The SMILES string of the molecule is CC(=O)O.CC(C)(C)OC(=O)NC(C)(C(=N)N)C1CC1. The number of amides is 1. The van der Waals surface area contributed by atoms with E-state index in [1.807, 2.05) is 0 Å². The first kappa shape index (κ1) is 18.2. The van der Waals surface area contributed by atoms with Crippen molar-refractivity contribution >= 4 is 17.9 Å². The molecule has 0 aromatic heterocycles. The summed E-state index contributed by atoms with van der Waals surface area (Å²) in [6.07, 6.45) is 1.47. The number of carboxylic acid groups (broad SMARTS) is 1. The standard InChI is InChI=1S/C11H21N3O2.C2H4O2/c1-10(2,3)16-9(15)14-11(4,8(12)13)7-5-6-7;1-2(3)4/h7H,5-6H2,1-4H3,(H3,12,13)(H,14,15);1H3,(H,3,4). The Hall–Kier alpha value is -1.79. The van der Waals surface area contributed by atoms with Gasteiger partial charge < -0.3 is 20.9 Å².